The van der Waals surface area contributed by atoms with Gasteiger partial charge in [-0.05, 0) is 30.7 Å². The summed E-state index contributed by atoms with van der Waals surface area (Å²) in [6.45, 7) is 3.07. The van der Waals surface area contributed by atoms with E-state index in [0.29, 0.717) is 22.5 Å². The number of nitrogens with zero attached hydrogens (tertiary/aromatic N) is 1. The minimum Gasteiger partial charge on any atom is -0.465 e. The topological polar surface area (TPSA) is 77.2 Å². The van der Waals surface area contributed by atoms with Gasteiger partial charge in [-0.25, -0.2) is 9.78 Å². The highest BCUT2D eigenvalue weighted by atomic mass is 16.5. The number of rotatable bonds is 6. The molecule has 0 aromatic carbocycles. The molecule has 2 rings (SSSR count). The van der Waals surface area contributed by atoms with Gasteiger partial charge in [-0.2, -0.15) is 0 Å². The van der Waals surface area contributed by atoms with Gasteiger partial charge in [0.25, 0.3) is 0 Å². The van der Waals surface area contributed by atoms with E-state index in [0.717, 1.165) is 6.54 Å². The van der Waals surface area contributed by atoms with Crippen molar-refractivity contribution in [3.8, 4) is 0 Å². The molecule has 104 valence electrons. The Kier molecular flexibility index (Phi) is 3.93. The molecule has 0 aliphatic heterocycles. The molecule has 5 heteroatoms. The fourth-order valence-electron chi connectivity index (χ4n) is 2.40. The van der Waals surface area contributed by atoms with Gasteiger partial charge >= 0.3 is 5.97 Å². The second-order valence-corrected chi connectivity index (χ2v) is 5.25. The summed E-state index contributed by atoms with van der Waals surface area (Å²) in [4.78, 5) is 15.7. The molecule has 0 unspecified atom stereocenters. The fourth-order valence-corrected chi connectivity index (χ4v) is 2.40. The Morgan fingerprint density at radius 1 is 1.58 bits per heavy atom. The normalized spacial score (nSPS) is 15.9. The van der Waals surface area contributed by atoms with Crippen molar-refractivity contribution in [3.05, 3.63) is 17.8 Å². The predicted molar refractivity (Wildman–Crippen MR) is 75.1 cm³/mol. The lowest BCUT2D eigenvalue weighted by molar-refractivity contribution is 0.0601. The molecule has 0 radical (unpaired) electrons. The van der Waals surface area contributed by atoms with Crippen LogP contribution >= 0.6 is 0 Å². The van der Waals surface area contributed by atoms with Crippen molar-refractivity contribution in [1.29, 1.82) is 0 Å². The summed E-state index contributed by atoms with van der Waals surface area (Å²) in [5.41, 5.74) is 7.17. The number of anilines is 2. The second kappa shape index (κ2) is 5.47. The van der Waals surface area contributed by atoms with Crippen LogP contribution in [0.3, 0.4) is 0 Å². The molecule has 1 aliphatic rings. The largest absolute Gasteiger partial charge is 0.465 e. The van der Waals surface area contributed by atoms with Crippen LogP contribution in [0.15, 0.2) is 12.3 Å². The first-order valence-corrected chi connectivity index (χ1v) is 6.68. The van der Waals surface area contributed by atoms with Crippen LogP contribution in [0.5, 0.6) is 0 Å². The van der Waals surface area contributed by atoms with Crippen LogP contribution in [0.25, 0.3) is 0 Å². The van der Waals surface area contributed by atoms with E-state index in [1.807, 2.05) is 0 Å². The van der Waals surface area contributed by atoms with Crippen molar-refractivity contribution >= 4 is 17.5 Å². The smallest absolute Gasteiger partial charge is 0.340 e. The average molecular weight is 263 g/mol. The highest BCUT2D eigenvalue weighted by molar-refractivity contribution is 5.96. The zero-order valence-corrected chi connectivity index (χ0v) is 11.5. The molecule has 1 heterocycles. The molecular formula is C14H21N3O2. The summed E-state index contributed by atoms with van der Waals surface area (Å²) in [6, 6.07) is 1.55. The quantitative estimate of drug-likeness (QED) is 0.771. The number of pyridine rings is 1. The second-order valence-electron chi connectivity index (χ2n) is 5.25. The van der Waals surface area contributed by atoms with Crippen LogP contribution in [0.2, 0.25) is 0 Å². The van der Waals surface area contributed by atoms with Gasteiger partial charge in [-0.15, -0.1) is 0 Å². The summed E-state index contributed by atoms with van der Waals surface area (Å²) in [5, 5.41) is 3.32. The lowest BCUT2D eigenvalue weighted by atomic mass is 10.0. The zero-order chi connectivity index (χ0) is 13.9. The number of nitrogens with two attached hydrogens (primary N) is 1. The number of methoxy groups -OCH3 is 1. The summed E-state index contributed by atoms with van der Waals surface area (Å²) in [5.74, 6) is -0.0717. The highest BCUT2D eigenvalue weighted by Gasteiger charge is 2.41. The molecule has 0 bridgehead atoms. The van der Waals surface area contributed by atoms with E-state index in [2.05, 4.69) is 17.2 Å². The molecular weight excluding hydrogens is 242 g/mol. The third-order valence-corrected chi connectivity index (χ3v) is 3.72. The average Bonchev–Trinajstić information content (AvgIpc) is 3.17. The van der Waals surface area contributed by atoms with Crippen LogP contribution in [0.1, 0.15) is 43.0 Å². The van der Waals surface area contributed by atoms with E-state index < -0.39 is 5.97 Å². The number of aromatic nitrogens is 1. The summed E-state index contributed by atoms with van der Waals surface area (Å²) >= 11 is 0. The van der Waals surface area contributed by atoms with Crippen molar-refractivity contribution in [3.63, 3.8) is 0 Å². The lowest BCUT2D eigenvalue weighted by Crippen LogP contribution is -2.18. The van der Waals surface area contributed by atoms with Crippen LogP contribution in [0.4, 0.5) is 11.5 Å². The molecule has 1 aromatic heterocycles. The van der Waals surface area contributed by atoms with Crippen LogP contribution < -0.4 is 11.1 Å². The molecule has 3 N–H and O–H groups in total. The summed E-state index contributed by atoms with van der Waals surface area (Å²) < 4.78 is 4.76. The number of carbonyl (C=O) groups excluding carboxylic acids is 1. The van der Waals surface area contributed by atoms with Crippen LogP contribution in [0, 0.1) is 5.41 Å². The Bertz CT molecular complexity index is 470. The van der Waals surface area contributed by atoms with E-state index in [9.17, 15) is 4.79 Å². The van der Waals surface area contributed by atoms with Gasteiger partial charge in [0.15, 0.2) is 0 Å². The van der Waals surface area contributed by atoms with Crippen molar-refractivity contribution in [2.45, 2.75) is 32.6 Å². The van der Waals surface area contributed by atoms with Crippen molar-refractivity contribution < 1.29 is 9.53 Å². The number of nitrogen functional groups attached to an aromatic ring is 1. The highest BCUT2D eigenvalue weighted by Crippen LogP contribution is 2.49. The van der Waals surface area contributed by atoms with Gasteiger partial charge in [0, 0.05) is 6.54 Å². The first-order chi connectivity index (χ1) is 9.10. The van der Waals surface area contributed by atoms with Crippen molar-refractivity contribution in [2.75, 3.05) is 24.7 Å². The van der Waals surface area contributed by atoms with E-state index in [1.54, 1.807) is 12.3 Å². The zero-order valence-electron chi connectivity index (χ0n) is 11.5. The van der Waals surface area contributed by atoms with Crippen molar-refractivity contribution in [1.82, 2.24) is 4.98 Å². The number of nitrogens with one attached hydrogen (secondary N) is 1. The van der Waals surface area contributed by atoms with E-state index in [1.165, 1.54) is 32.8 Å². The van der Waals surface area contributed by atoms with Gasteiger partial charge in [0.05, 0.1) is 24.6 Å². The van der Waals surface area contributed by atoms with Gasteiger partial charge in [-0.3, -0.25) is 0 Å². The van der Waals surface area contributed by atoms with E-state index in [-0.39, 0.29) is 0 Å². The van der Waals surface area contributed by atoms with Crippen LogP contribution in [-0.2, 0) is 4.74 Å². The molecule has 19 heavy (non-hydrogen) atoms. The van der Waals surface area contributed by atoms with Gasteiger partial charge < -0.3 is 15.8 Å². The maximum absolute atomic E-state index is 11.7. The molecule has 0 amide bonds. The van der Waals surface area contributed by atoms with Gasteiger partial charge in [0.2, 0.25) is 0 Å². The Balaban J connectivity index is 2.09. The third-order valence-electron chi connectivity index (χ3n) is 3.72. The van der Waals surface area contributed by atoms with Crippen molar-refractivity contribution in [2.24, 2.45) is 5.41 Å². The number of carbonyl (C=O) groups is 1. The van der Waals surface area contributed by atoms with Gasteiger partial charge in [0.1, 0.15) is 5.82 Å². The lowest BCUT2D eigenvalue weighted by Gasteiger charge is -2.17. The third kappa shape index (κ3) is 3.16. The first kappa shape index (κ1) is 13.6. The minimum absolute atomic E-state index is 0.320. The Hall–Kier alpha value is -1.78. The maximum atomic E-state index is 11.7. The molecule has 0 spiro atoms. The van der Waals surface area contributed by atoms with E-state index in [4.69, 9.17) is 10.5 Å². The Morgan fingerprint density at radius 2 is 2.32 bits per heavy atom. The summed E-state index contributed by atoms with van der Waals surface area (Å²) in [6.07, 6.45) is 6.51. The minimum atomic E-state index is -0.392. The fraction of sp³-hybridized carbons (Fsp3) is 0.571. The summed E-state index contributed by atoms with van der Waals surface area (Å²) in [7, 11) is 1.36. The number of esters is 1. The predicted octanol–water partition coefficient (Wildman–Crippen LogP) is 2.44. The SMILES string of the molecule is CCCC1(CNc2cnc(N)cc2C(=O)OC)CC1. The number of hydrogen-bond donors (Lipinski definition) is 2. The Morgan fingerprint density at radius 3 is 2.89 bits per heavy atom. The Labute approximate surface area is 113 Å². The molecule has 0 atom stereocenters. The standard InChI is InChI=1S/C14H21N3O2/c1-3-4-14(5-6-14)9-17-11-8-16-12(15)7-10(11)13(18)19-2/h7-8,17H,3-6,9H2,1-2H3,(H2,15,16). The van der Waals surface area contributed by atoms with Crippen LogP contribution in [-0.4, -0.2) is 24.6 Å². The maximum Gasteiger partial charge on any atom is 0.340 e. The molecule has 0 saturated heterocycles. The molecule has 1 saturated carbocycles. The molecule has 1 aliphatic carbocycles. The van der Waals surface area contributed by atoms with Gasteiger partial charge in [-0.1, -0.05) is 13.3 Å². The first-order valence-electron chi connectivity index (χ1n) is 6.68. The monoisotopic (exact) mass is 263 g/mol. The van der Waals surface area contributed by atoms with E-state index >= 15 is 0 Å². The molecule has 5 nitrogen and oxygen atoms in total. The molecule has 1 fully saturated rings. The molecule has 1 aromatic rings. The number of ether oxygens (including phenoxy) is 1. The number of hydrogen-bond acceptors (Lipinski definition) is 5.